The minimum absolute atomic E-state index is 0.255. The molecule has 0 spiro atoms. The molecule has 1 heterocycles. The Labute approximate surface area is 117 Å². The lowest BCUT2D eigenvalue weighted by Crippen LogP contribution is -2.20. The third-order valence-corrected chi connectivity index (χ3v) is 3.19. The van der Waals surface area contributed by atoms with Gasteiger partial charge in [0.2, 0.25) is 0 Å². The molecule has 100 valence electrons. The fourth-order valence-electron chi connectivity index (χ4n) is 2.21. The van der Waals surface area contributed by atoms with Gasteiger partial charge in [-0.05, 0) is 43.7 Å². The maximum atomic E-state index is 12.3. The number of aryl methyl sites for hydroxylation is 2. The summed E-state index contributed by atoms with van der Waals surface area (Å²) in [5, 5.41) is 7.98. The summed E-state index contributed by atoms with van der Waals surface area (Å²) in [5.74, 6) is 0. The van der Waals surface area contributed by atoms with Crippen molar-refractivity contribution in [1.29, 1.82) is 0 Å². The van der Waals surface area contributed by atoms with Crippen molar-refractivity contribution in [2.45, 2.75) is 13.8 Å². The first-order chi connectivity index (χ1) is 9.63. The number of benzene rings is 2. The topological polar surface area (TPSA) is 46.9 Å². The van der Waals surface area contributed by atoms with Crippen LogP contribution in [0, 0.1) is 13.8 Å². The molecule has 0 radical (unpaired) electrons. The van der Waals surface area contributed by atoms with Crippen LogP contribution < -0.4 is 5.32 Å². The lowest BCUT2D eigenvalue weighted by Gasteiger charge is -2.06. The molecule has 0 unspecified atom stereocenters. The molecular formula is C16H15N3O. The van der Waals surface area contributed by atoms with E-state index in [1.54, 1.807) is 6.20 Å². The van der Waals surface area contributed by atoms with Crippen LogP contribution in [-0.2, 0) is 0 Å². The molecule has 1 amide bonds. The first-order valence-electron chi connectivity index (χ1n) is 6.46. The number of rotatable bonds is 1. The highest BCUT2D eigenvalue weighted by atomic mass is 16.2. The summed E-state index contributed by atoms with van der Waals surface area (Å²) in [6.45, 7) is 4.01. The fourth-order valence-corrected chi connectivity index (χ4v) is 2.21. The van der Waals surface area contributed by atoms with Crippen LogP contribution in [-0.4, -0.2) is 15.8 Å². The Morgan fingerprint density at radius 2 is 1.90 bits per heavy atom. The summed E-state index contributed by atoms with van der Waals surface area (Å²) in [7, 11) is 0. The minimum Gasteiger partial charge on any atom is -0.306 e. The van der Waals surface area contributed by atoms with E-state index in [-0.39, 0.29) is 6.03 Å². The summed E-state index contributed by atoms with van der Waals surface area (Å²) in [6.07, 6.45) is 1.71. The molecule has 20 heavy (non-hydrogen) atoms. The largest absolute Gasteiger partial charge is 0.347 e. The van der Waals surface area contributed by atoms with Gasteiger partial charge in [0.25, 0.3) is 0 Å². The molecule has 3 aromatic rings. The number of hydrogen-bond donors (Lipinski definition) is 1. The van der Waals surface area contributed by atoms with Crippen molar-refractivity contribution in [3.63, 3.8) is 0 Å². The Balaban J connectivity index is 1.93. The van der Waals surface area contributed by atoms with Gasteiger partial charge in [-0.3, -0.25) is 0 Å². The van der Waals surface area contributed by atoms with E-state index < -0.39 is 0 Å². The van der Waals surface area contributed by atoms with E-state index in [1.807, 2.05) is 56.3 Å². The molecule has 0 aliphatic rings. The summed E-state index contributed by atoms with van der Waals surface area (Å²) in [4.78, 5) is 12.3. The SMILES string of the molecule is Cc1cccc(NC(=O)n2ncc3cc(C)ccc32)c1. The monoisotopic (exact) mass is 265 g/mol. The third-order valence-electron chi connectivity index (χ3n) is 3.19. The number of nitrogens with zero attached hydrogens (tertiary/aromatic N) is 2. The van der Waals surface area contributed by atoms with Gasteiger partial charge in [0.15, 0.2) is 0 Å². The summed E-state index contributed by atoms with van der Waals surface area (Å²) < 4.78 is 1.39. The lowest BCUT2D eigenvalue weighted by molar-refractivity contribution is 0.252. The van der Waals surface area contributed by atoms with Crippen molar-refractivity contribution in [1.82, 2.24) is 9.78 Å². The van der Waals surface area contributed by atoms with E-state index in [9.17, 15) is 4.79 Å². The zero-order chi connectivity index (χ0) is 14.1. The smallest absolute Gasteiger partial charge is 0.306 e. The molecule has 0 fully saturated rings. The average Bonchev–Trinajstić information content (AvgIpc) is 2.81. The van der Waals surface area contributed by atoms with Crippen molar-refractivity contribution >= 4 is 22.6 Å². The molecule has 0 aliphatic carbocycles. The van der Waals surface area contributed by atoms with E-state index >= 15 is 0 Å². The number of fused-ring (bicyclic) bond motifs is 1. The predicted molar refractivity (Wildman–Crippen MR) is 80.1 cm³/mol. The molecule has 1 N–H and O–H groups in total. The van der Waals surface area contributed by atoms with Crippen molar-refractivity contribution in [3.05, 3.63) is 59.8 Å². The molecule has 0 bridgehead atoms. The Kier molecular flexibility index (Phi) is 2.99. The van der Waals surface area contributed by atoms with E-state index in [1.165, 1.54) is 4.68 Å². The van der Waals surface area contributed by atoms with Gasteiger partial charge >= 0.3 is 6.03 Å². The molecule has 3 rings (SSSR count). The van der Waals surface area contributed by atoms with Gasteiger partial charge in [0.1, 0.15) is 0 Å². The maximum absolute atomic E-state index is 12.3. The second-order valence-corrected chi connectivity index (χ2v) is 4.92. The van der Waals surface area contributed by atoms with Crippen molar-refractivity contribution in [2.24, 2.45) is 0 Å². The van der Waals surface area contributed by atoms with Gasteiger partial charge in [-0.25, -0.2) is 4.79 Å². The Hall–Kier alpha value is -2.62. The van der Waals surface area contributed by atoms with Crippen molar-refractivity contribution in [3.8, 4) is 0 Å². The molecule has 2 aromatic carbocycles. The highest BCUT2D eigenvalue weighted by Crippen LogP contribution is 2.16. The number of amides is 1. The van der Waals surface area contributed by atoms with E-state index in [0.29, 0.717) is 0 Å². The Bertz CT molecular complexity index is 789. The van der Waals surface area contributed by atoms with E-state index in [2.05, 4.69) is 10.4 Å². The van der Waals surface area contributed by atoms with Crippen molar-refractivity contribution in [2.75, 3.05) is 5.32 Å². The van der Waals surface area contributed by atoms with Gasteiger partial charge in [0, 0.05) is 11.1 Å². The molecule has 0 saturated heterocycles. The van der Waals surface area contributed by atoms with Crippen LogP contribution in [0.1, 0.15) is 11.1 Å². The van der Waals surface area contributed by atoms with Crippen molar-refractivity contribution < 1.29 is 4.79 Å². The standard InChI is InChI=1S/C16H15N3O/c1-11-4-3-5-14(9-11)18-16(20)19-15-7-6-12(2)8-13(15)10-17-19/h3-10H,1-2H3,(H,18,20). The first kappa shape index (κ1) is 12.4. The zero-order valence-corrected chi connectivity index (χ0v) is 11.4. The highest BCUT2D eigenvalue weighted by molar-refractivity contribution is 5.97. The molecule has 0 aliphatic heterocycles. The zero-order valence-electron chi connectivity index (χ0n) is 11.4. The molecular weight excluding hydrogens is 250 g/mol. The van der Waals surface area contributed by atoms with Crippen LogP contribution in [0.5, 0.6) is 0 Å². The number of nitrogens with one attached hydrogen (secondary N) is 1. The predicted octanol–water partition coefficient (Wildman–Crippen LogP) is 3.73. The van der Waals surface area contributed by atoms with Gasteiger partial charge < -0.3 is 5.32 Å². The van der Waals surface area contributed by atoms with E-state index in [0.717, 1.165) is 27.7 Å². The highest BCUT2D eigenvalue weighted by Gasteiger charge is 2.10. The second-order valence-electron chi connectivity index (χ2n) is 4.92. The third kappa shape index (κ3) is 2.28. The molecule has 0 atom stereocenters. The Morgan fingerprint density at radius 1 is 1.10 bits per heavy atom. The first-order valence-corrected chi connectivity index (χ1v) is 6.46. The van der Waals surface area contributed by atoms with Crippen LogP contribution in [0.15, 0.2) is 48.7 Å². The molecule has 1 aromatic heterocycles. The average molecular weight is 265 g/mol. The van der Waals surface area contributed by atoms with Crippen LogP contribution >= 0.6 is 0 Å². The van der Waals surface area contributed by atoms with Gasteiger partial charge in [0.05, 0.1) is 11.7 Å². The fraction of sp³-hybridized carbons (Fsp3) is 0.125. The van der Waals surface area contributed by atoms with Gasteiger partial charge in [-0.2, -0.15) is 9.78 Å². The number of aromatic nitrogens is 2. The lowest BCUT2D eigenvalue weighted by atomic mass is 10.2. The normalized spacial score (nSPS) is 10.7. The van der Waals surface area contributed by atoms with Crippen LogP contribution in [0.2, 0.25) is 0 Å². The van der Waals surface area contributed by atoms with Crippen LogP contribution in [0.4, 0.5) is 10.5 Å². The summed E-state index contributed by atoms with van der Waals surface area (Å²) >= 11 is 0. The molecule has 4 nitrogen and oxygen atoms in total. The number of carbonyl (C=O) groups excluding carboxylic acids is 1. The molecule has 0 saturated carbocycles. The van der Waals surface area contributed by atoms with Gasteiger partial charge in [-0.1, -0.05) is 23.8 Å². The molecule has 4 heteroatoms. The number of anilines is 1. The maximum Gasteiger partial charge on any atom is 0.347 e. The number of carbonyl (C=O) groups is 1. The van der Waals surface area contributed by atoms with Crippen LogP contribution in [0.25, 0.3) is 10.9 Å². The second kappa shape index (κ2) is 4.81. The van der Waals surface area contributed by atoms with Crippen LogP contribution in [0.3, 0.4) is 0 Å². The quantitative estimate of drug-likeness (QED) is 0.728. The summed E-state index contributed by atoms with van der Waals surface area (Å²) in [5.41, 5.74) is 3.83. The van der Waals surface area contributed by atoms with Gasteiger partial charge in [-0.15, -0.1) is 0 Å². The minimum atomic E-state index is -0.255. The summed E-state index contributed by atoms with van der Waals surface area (Å²) in [6, 6.07) is 13.3. The number of hydrogen-bond acceptors (Lipinski definition) is 2. The van der Waals surface area contributed by atoms with E-state index in [4.69, 9.17) is 0 Å². The Morgan fingerprint density at radius 3 is 2.70 bits per heavy atom.